The van der Waals surface area contributed by atoms with E-state index in [-0.39, 0.29) is 5.54 Å². The van der Waals surface area contributed by atoms with Crippen LogP contribution in [0.25, 0.3) is 0 Å². The molecule has 0 amide bonds. The van der Waals surface area contributed by atoms with E-state index in [2.05, 4.69) is 50.0 Å². The van der Waals surface area contributed by atoms with Crippen LogP contribution in [0.4, 0.5) is 0 Å². The fourth-order valence-electron chi connectivity index (χ4n) is 2.72. The molecule has 1 fully saturated rings. The van der Waals surface area contributed by atoms with Gasteiger partial charge < -0.3 is 9.73 Å². The zero-order chi connectivity index (χ0) is 14.6. The summed E-state index contributed by atoms with van der Waals surface area (Å²) in [6.45, 7) is 11.8. The number of furan rings is 1. The lowest BCUT2D eigenvalue weighted by Gasteiger charge is -2.25. The molecular weight excluding hydrogens is 248 g/mol. The quantitative estimate of drug-likeness (QED) is 0.904. The Hall–Kier alpha value is -0.800. The maximum absolute atomic E-state index is 5.97. The van der Waals surface area contributed by atoms with E-state index in [9.17, 15) is 0 Å². The van der Waals surface area contributed by atoms with E-state index >= 15 is 0 Å². The Morgan fingerprint density at radius 2 is 1.95 bits per heavy atom. The van der Waals surface area contributed by atoms with Crippen molar-refractivity contribution in [3.8, 4) is 0 Å². The first-order chi connectivity index (χ1) is 9.44. The summed E-state index contributed by atoms with van der Waals surface area (Å²) in [6.07, 6.45) is 5.39. The number of nitrogens with one attached hydrogen (secondary N) is 1. The predicted molar refractivity (Wildman–Crippen MR) is 83.6 cm³/mol. The van der Waals surface area contributed by atoms with Crippen LogP contribution in [0.5, 0.6) is 0 Å². The van der Waals surface area contributed by atoms with E-state index in [0.717, 1.165) is 24.6 Å². The molecular formula is C17H30N2O. The van der Waals surface area contributed by atoms with Gasteiger partial charge in [0.15, 0.2) is 0 Å². The molecule has 1 aromatic heterocycles. The first-order valence-electron chi connectivity index (χ1n) is 8.01. The SMILES string of the molecule is CC1CCCCCN1Cc1ccc(CNC(C)(C)C)o1. The number of nitrogens with zero attached hydrogens (tertiary/aromatic N) is 1. The fourth-order valence-corrected chi connectivity index (χ4v) is 2.72. The number of likely N-dealkylation sites (tertiary alicyclic amines) is 1. The third-order valence-corrected chi connectivity index (χ3v) is 4.06. The number of rotatable bonds is 4. The highest BCUT2D eigenvalue weighted by Gasteiger charge is 2.18. The minimum Gasteiger partial charge on any atom is -0.463 e. The monoisotopic (exact) mass is 278 g/mol. The fraction of sp³-hybridized carbons (Fsp3) is 0.765. The average molecular weight is 278 g/mol. The zero-order valence-electron chi connectivity index (χ0n) is 13.5. The van der Waals surface area contributed by atoms with Crippen LogP contribution >= 0.6 is 0 Å². The molecule has 20 heavy (non-hydrogen) atoms. The summed E-state index contributed by atoms with van der Waals surface area (Å²) in [6, 6.07) is 4.92. The first-order valence-corrected chi connectivity index (χ1v) is 8.01. The van der Waals surface area contributed by atoms with Crippen molar-refractivity contribution < 1.29 is 4.42 Å². The van der Waals surface area contributed by atoms with Crippen molar-refractivity contribution in [3.05, 3.63) is 23.7 Å². The van der Waals surface area contributed by atoms with Crippen molar-refractivity contribution in [2.45, 2.75) is 78.0 Å². The lowest BCUT2D eigenvalue weighted by molar-refractivity contribution is 0.187. The Balaban J connectivity index is 1.88. The average Bonchev–Trinajstić information content (AvgIpc) is 2.71. The highest BCUT2D eigenvalue weighted by atomic mass is 16.3. The largest absolute Gasteiger partial charge is 0.463 e. The molecule has 3 heteroatoms. The molecule has 2 heterocycles. The Morgan fingerprint density at radius 1 is 1.20 bits per heavy atom. The van der Waals surface area contributed by atoms with Gasteiger partial charge in [0.25, 0.3) is 0 Å². The maximum atomic E-state index is 5.97. The maximum Gasteiger partial charge on any atom is 0.118 e. The number of hydrogen-bond donors (Lipinski definition) is 1. The molecule has 0 saturated carbocycles. The van der Waals surface area contributed by atoms with E-state index in [1.807, 2.05) is 0 Å². The van der Waals surface area contributed by atoms with Crippen molar-refractivity contribution in [3.63, 3.8) is 0 Å². The van der Waals surface area contributed by atoms with E-state index in [4.69, 9.17) is 4.42 Å². The Kier molecular flexibility index (Phi) is 5.28. The smallest absolute Gasteiger partial charge is 0.118 e. The summed E-state index contributed by atoms with van der Waals surface area (Å²) in [5.41, 5.74) is 0.131. The summed E-state index contributed by atoms with van der Waals surface area (Å²) in [7, 11) is 0. The lowest BCUT2D eigenvalue weighted by atomic mass is 10.1. The zero-order valence-corrected chi connectivity index (χ0v) is 13.5. The van der Waals surface area contributed by atoms with Crippen LogP contribution in [0.15, 0.2) is 16.5 Å². The van der Waals surface area contributed by atoms with Gasteiger partial charge in [0.2, 0.25) is 0 Å². The van der Waals surface area contributed by atoms with Gasteiger partial charge in [-0.1, -0.05) is 12.8 Å². The second-order valence-corrected chi connectivity index (χ2v) is 7.14. The minimum atomic E-state index is 0.131. The molecule has 1 atom stereocenters. The van der Waals surface area contributed by atoms with E-state index < -0.39 is 0 Å². The van der Waals surface area contributed by atoms with Crippen LogP contribution in [-0.4, -0.2) is 23.0 Å². The molecule has 1 saturated heterocycles. The van der Waals surface area contributed by atoms with Gasteiger partial charge in [0.1, 0.15) is 11.5 Å². The molecule has 1 aromatic rings. The molecule has 1 aliphatic rings. The molecule has 3 nitrogen and oxygen atoms in total. The van der Waals surface area contributed by atoms with Gasteiger partial charge in [-0.25, -0.2) is 0 Å². The third kappa shape index (κ3) is 4.95. The second kappa shape index (κ2) is 6.77. The van der Waals surface area contributed by atoms with Crippen LogP contribution < -0.4 is 5.32 Å². The van der Waals surface area contributed by atoms with Gasteiger partial charge in [-0.05, 0) is 59.2 Å². The molecule has 1 N–H and O–H groups in total. The van der Waals surface area contributed by atoms with Crippen molar-refractivity contribution >= 4 is 0 Å². The van der Waals surface area contributed by atoms with Gasteiger partial charge in [-0.2, -0.15) is 0 Å². The molecule has 0 aliphatic carbocycles. The van der Waals surface area contributed by atoms with Crippen LogP contribution in [-0.2, 0) is 13.1 Å². The summed E-state index contributed by atoms with van der Waals surface area (Å²) in [4.78, 5) is 2.56. The molecule has 114 valence electrons. The molecule has 1 unspecified atom stereocenters. The Labute approximate surface area is 123 Å². The molecule has 0 radical (unpaired) electrons. The normalized spacial score (nSPS) is 21.9. The first kappa shape index (κ1) is 15.6. The summed E-state index contributed by atoms with van der Waals surface area (Å²) >= 11 is 0. The van der Waals surface area contributed by atoms with E-state index in [1.54, 1.807) is 0 Å². The van der Waals surface area contributed by atoms with Crippen molar-refractivity contribution in [1.29, 1.82) is 0 Å². The van der Waals surface area contributed by atoms with Gasteiger partial charge in [0.05, 0.1) is 13.1 Å². The standard InChI is InChI=1S/C17H30N2O/c1-14-8-6-5-7-11-19(14)13-16-10-9-15(20-16)12-18-17(2,3)4/h9-10,14,18H,5-8,11-13H2,1-4H3. The predicted octanol–water partition coefficient (Wildman–Crippen LogP) is 3.93. The molecule has 0 spiro atoms. The Bertz CT molecular complexity index is 405. The summed E-state index contributed by atoms with van der Waals surface area (Å²) < 4.78 is 5.97. The van der Waals surface area contributed by atoms with Crippen molar-refractivity contribution in [2.75, 3.05) is 6.54 Å². The van der Waals surface area contributed by atoms with E-state index in [0.29, 0.717) is 6.04 Å². The molecule has 0 bridgehead atoms. The van der Waals surface area contributed by atoms with E-state index in [1.165, 1.54) is 32.2 Å². The number of hydrogen-bond acceptors (Lipinski definition) is 3. The highest BCUT2D eigenvalue weighted by Crippen LogP contribution is 2.20. The Morgan fingerprint density at radius 3 is 2.70 bits per heavy atom. The molecule has 2 rings (SSSR count). The van der Waals surface area contributed by atoms with Crippen LogP contribution in [0, 0.1) is 0 Å². The summed E-state index contributed by atoms with van der Waals surface area (Å²) in [5.74, 6) is 2.14. The van der Waals surface area contributed by atoms with Gasteiger partial charge in [0, 0.05) is 11.6 Å². The third-order valence-electron chi connectivity index (χ3n) is 4.06. The second-order valence-electron chi connectivity index (χ2n) is 7.14. The molecule has 1 aliphatic heterocycles. The minimum absolute atomic E-state index is 0.131. The van der Waals surface area contributed by atoms with Gasteiger partial charge in [-0.15, -0.1) is 0 Å². The topological polar surface area (TPSA) is 28.4 Å². The van der Waals surface area contributed by atoms with Crippen molar-refractivity contribution in [1.82, 2.24) is 10.2 Å². The summed E-state index contributed by atoms with van der Waals surface area (Å²) in [5, 5.41) is 3.47. The lowest BCUT2D eigenvalue weighted by Crippen LogP contribution is -2.34. The highest BCUT2D eigenvalue weighted by molar-refractivity contribution is 5.07. The van der Waals surface area contributed by atoms with Crippen LogP contribution in [0.1, 0.15) is 64.9 Å². The molecule has 0 aromatic carbocycles. The van der Waals surface area contributed by atoms with Crippen LogP contribution in [0.2, 0.25) is 0 Å². The van der Waals surface area contributed by atoms with Crippen molar-refractivity contribution in [2.24, 2.45) is 0 Å². The van der Waals surface area contributed by atoms with Gasteiger partial charge in [-0.3, -0.25) is 4.90 Å². The van der Waals surface area contributed by atoms with Crippen LogP contribution in [0.3, 0.4) is 0 Å². The van der Waals surface area contributed by atoms with Gasteiger partial charge >= 0.3 is 0 Å².